The Labute approximate surface area is 199 Å². The van der Waals surface area contributed by atoms with E-state index in [-0.39, 0.29) is 47.6 Å². The topological polar surface area (TPSA) is 167 Å². The fraction of sp³-hybridized carbons (Fsp3) is 0.381. The molecule has 0 spiro atoms. The van der Waals surface area contributed by atoms with Crippen LogP contribution in [0.5, 0.6) is 11.6 Å². The number of rotatable bonds is 12. The largest absolute Gasteiger partial charge is 0.465 e. The highest BCUT2D eigenvalue weighted by atomic mass is 32.2. The number of nitro groups is 1. The molecule has 0 aliphatic heterocycles. The third kappa shape index (κ3) is 7.04. The molecule has 0 aliphatic carbocycles. The van der Waals surface area contributed by atoms with Gasteiger partial charge in [0, 0.05) is 0 Å². The third-order valence-corrected chi connectivity index (χ3v) is 4.73. The van der Waals surface area contributed by atoms with Gasteiger partial charge in [-0.2, -0.15) is 15.2 Å². The molecule has 0 amide bonds. The lowest BCUT2D eigenvalue weighted by Crippen LogP contribution is -2.18. The summed E-state index contributed by atoms with van der Waals surface area (Å²) >= 11 is 1.10. The number of carbonyl (C=O) groups is 2. The molecule has 0 bridgehead atoms. The van der Waals surface area contributed by atoms with Crippen molar-refractivity contribution < 1.29 is 28.7 Å². The Morgan fingerprint density at radius 2 is 2.03 bits per heavy atom. The average molecular weight is 490 g/mol. The molecule has 0 fully saturated rings. The molecule has 0 saturated heterocycles. The van der Waals surface area contributed by atoms with Crippen LogP contribution in [-0.2, 0) is 14.3 Å². The van der Waals surface area contributed by atoms with Crippen molar-refractivity contribution in [2.45, 2.75) is 31.8 Å². The van der Waals surface area contributed by atoms with Crippen LogP contribution in [0.4, 0.5) is 11.5 Å². The smallest absolute Gasteiger partial charge is 0.373 e. The Balaban J connectivity index is 2.43. The summed E-state index contributed by atoms with van der Waals surface area (Å²) in [6.45, 7) is 3.56. The van der Waals surface area contributed by atoms with E-state index in [9.17, 15) is 25.0 Å². The van der Waals surface area contributed by atoms with E-state index in [1.807, 2.05) is 13.0 Å². The van der Waals surface area contributed by atoms with Crippen LogP contribution in [0.3, 0.4) is 0 Å². The third-order valence-electron chi connectivity index (χ3n) is 4.18. The number of hydrogen-bond donors (Lipinski definition) is 1. The zero-order valence-electron chi connectivity index (χ0n) is 18.8. The van der Waals surface area contributed by atoms with Crippen LogP contribution < -0.4 is 10.1 Å². The number of ether oxygens (including phenoxy) is 3. The summed E-state index contributed by atoms with van der Waals surface area (Å²) in [4.78, 5) is 43.2. The second kappa shape index (κ2) is 12.9. The van der Waals surface area contributed by atoms with Gasteiger partial charge in [-0.3, -0.25) is 14.9 Å². The number of hydrogen-bond acceptors (Lipinski definition) is 12. The van der Waals surface area contributed by atoms with Gasteiger partial charge in [-0.25, -0.2) is 4.79 Å². The van der Waals surface area contributed by atoms with E-state index in [1.165, 1.54) is 18.2 Å². The summed E-state index contributed by atoms with van der Waals surface area (Å²) in [7, 11) is 0. The average Bonchev–Trinajstić information content (AvgIpc) is 2.82. The SMILES string of the molecule is CCCCOC(=O)c1cc(Oc2nc(SC)nc(NCC(=O)OCC)c2[N+](=O)[O-])ccc1C#N. The van der Waals surface area contributed by atoms with Gasteiger partial charge in [0.05, 0.1) is 29.3 Å². The van der Waals surface area contributed by atoms with Gasteiger partial charge >= 0.3 is 23.5 Å². The fourth-order valence-electron chi connectivity index (χ4n) is 2.58. The minimum absolute atomic E-state index is 0.0200. The number of benzene rings is 1. The molecule has 2 rings (SSSR count). The number of carbonyl (C=O) groups excluding carboxylic acids is 2. The summed E-state index contributed by atoms with van der Waals surface area (Å²) in [5.41, 5.74) is -0.593. The van der Waals surface area contributed by atoms with Crippen LogP contribution in [0.2, 0.25) is 0 Å². The van der Waals surface area contributed by atoms with Gasteiger partial charge in [0.1, 0.15) is 18.4 Å². The van der Waals surface area contributed by atoms with E-state index in [0.29, 0.717) is 6.42 Å². The van der Waals surface area contributed by atoms with E-state index >= 15 is 0 Å². The lowest BCUT2D eigenvalue weighted by Gasteiger charge is -2.12. The lowest BCUT2D eigenvalue weighted by molar-refractivity contribution is -0.385. The molecule has 1 N–H and O–H groups in total. The first kappa shape index (κ1) is 26.3. The maximum absolute atomic E-state index is 12.4. The molecular formula is C21H23N5O7S. The Morgan fingerprint density at radius 3 is 2.65 bits per heavy atom. The molecular weight excluding hydrogens is 466 g/mol. The van der Waals surface area contributed by atoms with E-state index in [1.54, 1.807) is 13.2 Å². The molecule has 13 heteroatoms. The van der Waals surface area contributed by atoms with Crippen molar-refractivity contribution >= 4 is 35.2 Å². The summed E-state index contributed by atoms with van der Waals surface area (Å²) in [6, 6.07) is 5.87. The quantitative estimate of drug-likeness (QED) is 0.115. The highest BCUT2D eigenvalue weighted by Crippen LogP contribution is 2.36. The predicted octanol–water partition coefficient (Wildman–Crippen LogP) is 3.70. The van der Waals surface area contributed by atoms with Crippen molar-refractivity contribution in [3.05, 3.63) is 39.4 Å². The molecule has 12 nitrogen and oxygen atoms in total. The van der Waals surface area contributed by atoms with E-state index in [4.69, 9.17) is 14.2 Å². The first-order valence-corrected chi connectivity index (χ1v) is 11.5. The van der Waals surface area contributed by atoms with E-state index < -0.39 is 28.4 Å². The van der Waals surface area contributed by atoms with Crippen molar-refractivity contribution in [2.75, 3.05) is 31.3 Å². The van der Waals surface area contributed by atoms with E-state index in [0.717, 1.165) is 18.2 Å². The Hall–Kier alpha value is -3.92. The van der Waals surface area contributed by atoms with Crippen molar-refractivity contribution in [3.63, 3.8) is 0 Å². The molecule has 0 atom stereocenters. The highest BCUT2D eigenvalue weighted by Gasteiger charge is 2.28. The number of unbranched alkanes of at least 4 members (excludes halogenated alkanes) is 1. The standard InChI is InChI=1S/C21H23N5O7S/c1-4-6-9-32-20(28)15-10-14(8-7-13(15)11-22)33-19-17(26(29)30)18(24-21(25-19)34-3)23-12-16(27)31-5-2/h7-8,10H,4-6,9,12H2,1-3H3,(H,23,24,25). The number of nitrogens with one attached hydrogen (secondary N) is 1. The summed E-state index contributed by atoms with van der Waals surface area (Å²) in [5.74, 6) is -1.96. The predicted molar refractivity (Wildman–Crippen MR) is 122 cm³/mol. The van der Waals surface area contributed by atoms with E-state index in [2.05, 4.69) is 15.3 Å². The molecule has 0 unspecified atom stereocenters. The number of esters is 2. The molecule has 34 heavy (non-hydrogen) atoms. The number of nitrogens with zero attached hydrogens (tertiary/aromatic N) is 4. The van der Waals surface area contributed by atoms with Crippen molar-refractivity contribution in [1.82, 2.24) is 9.97 Å². The van der Waals surface area contributed by atoms with Gasteiger partial charge in [-0.15, -0.1) is 0 Å². The van der Waals surface area contributed by atoms with Crippen molar-refractivity contribution in [3.8, 4) is 17.7 Å². The van der Waals surface area contributed by atoms with Crippen LogP contribution in [0.15, 0.2) is 23.4 Å². The normalized spacial score (nSPS) is 10.2. The van der Waals surface area contributed by atoms with Gasteiger partial charge in [0.15, 0.2) is 5.16 Å². The molecule has 0 saturated carbocycles. The number of anilines is 1. The molecule has 0 aliphatic rings. The van der Waals surface area contributed by atoms with Crippen LogP contribution in [0.25, 0.3) is 0 Å². The lowest BCUT2D eigenvalue weighted by atomic mass is 10.1. The summed E-state index contributed by atoms with van der Waals surface area (Å²) < 4.78 is 15.6. The molecule has 180 valence electrons. The Kier molecular flexibility index (Phi) is 10.0. The Bertz CT molecular complexity index is 1100. The minimum Gasteiger partial charge on any atom is -0.465 e. The zero-order valence-corrected chi connectivity index (χ0v) is 19.6. The minimum atomic E-state index is -0.753. The number of nitriles is 1. The summed E-state index contributed by atoms with van der Waals surface area (Å²) in [6.07, 6.45) is 3.14. The Morgan fingerprint density at radius 1 is 1.26 bits per heavy atom. The van der Waals surface area contributed by atoms with Crippen molar-refractivity contribution in [1.29, 1.82) is 5.26 Å². The zero-order chi connectivity index (χ0) is 25.1. The molecule has 1 heterocycles. The fourth-order valence-corrected chi connectivity index (χ4v) is 2.94. The van der Waals surface area contributed by atoms with Crippen LogP contribution in [0.1, 0.15) is 42.6 Å². The first-order valence-electron chi connectivity index (χ1n) is 10.2. The highest BCUT2D eigenvalue weighted by molar-refractivity contribution is 7.98. The summed E-state index contributed by atoms with van der Waals surface area (Å²) in [5, 5.41) is 23.8. The van der Waals surface area contributed by atoms with Crippen LogP contribution in [-0.4, -0.2) is 52.8 Å². The van der Waals surface area contributed by atoms with Gasteiger partial charge in [-0.05, 0) is 37.8 Å². The monoisotopic (exact) mass is 489 g/mol. The van der Waals surface area contributed by atoms with Crippen LogP contribution >= 0.6 is 11.8 Å². The van der Waals surface area contributed by atoms with Gasteiger partial charge in [0.25, 0.3) is 0 Å². The second-order valence-electron chi connectivity index (χ2n) is 6.54. The maximum Gasteiger partial charge on any atom is 0.373 e. The second-order valence-corrected chi connectivity index (χ2v) is 7.31. The van der Waals surface area contributed by atoms with Crippen LogP contribution in [0, 0.1) is 21.4 Å². The van der Waals surface area contributed by atoms with Gasteiger partial charge in [0.2, 0.25) is 5.82 Å². The van der Waals surface area contributed by atoms with Gasteiger partial charge in [-0.1, -0.05) is 25.1 Å². The molecule has 1 aromatic heterocycles. The number of thioether (sulfide) groups is 1. The number of aromatic nitrogens is 2. The van der Waals surface area contributed by atoms with Gasteiger partial charge < -0.3 is 19.5 Å². The molecule has 1 aromatic carbocycles. The van der Waals surface area contributed by atoms with Crippen molar-refractivity contribution in [2.24, 2.45) is 0 Å². The molecule has 0 radical (unpaired) electrons. The molecule has 2 aromatic rings. The first-order chi connectivity index (χ1) is 16.3. The maximum atomic E-state index is 12.4.